The summed E-state index contributed by atoms with van der Waals surface area (Å²) in [7, 11) is 0. The fraction of sp³-hybridized carbons (Fsp3) is 0.375. The van der Waals surface area contributed by atoms with Crippen LogP contribution >= 0.6 is 0 Å². The fourth-order valence-corrected chi connectivity index (χ4v) is 3.74. The number of aromatic nitrogens is 2. The number of benzene rings is 2. The summed E-state index contributed by atoms with van der Waals surface area (Å²) in [5, 5.41) is 0. The molecule has 0 N–H and O–H groups in total. The predicted molar refractivity (Wildman–Crippen MR) is 111 cm³/mol. The summed E-state index contributed by atoms with van der Waals surface area (Å²) < 4.78 is 10.6. The number of hydrogen-bond acceptors (Lipinski definition) is 1. The molecule has 3 nitrogen and oxygen atoms in total. The molecule has 0 atom stereocenters. The summed E-state index contributed by atoms with van der Waals surface area (Å²) in [6.07, 6.45) is 2.35. The number of ether oxygens (including phenoxy) is 1. The van der Waals surface area contributed by atoms with Gasteiger partial charge in [0.2, 0.25) is 6.33 Å². The number of para-hydroxylation sites is 2. The van der Waals surface area contributed by atoms with Gasteiger partial charge in [-0.1, -0.05) is 29.8 Å². The summed E-state index contributed by atoms with van der Waals surface area (Å²) in [4.78, 5) is 0. The first-order valence-electron chi connectivity index (χ1n) is 9.68. The van der Waals surface area contributed by atoms with Gasteiger partial charge in [0.05, 0.1) is 6.10 Å². The number of nitrogens with zero attached hydrogens (tertiary/aromatic N) is 2. The number of hydrogen-bond donors (Lipinski definition) is 0. The maximum Gasteiger partial charge on any atom is 0.249 e. The molecule has 3 heteroatoms. The van der Waals surface area contributed by atoms with E-state index in [0.29, 0.717) is 0 Å². The van der Waals surface area contributed by atoms with Crippen molar-refractivity contribution in [2.45, 2.75) is 61.1 Å². The van der Waals surface area contributed by atoms with E-state index in [1.54, 1.807) is 0 Å². The standard InChI is InChI=1S/C24H31N2O/c1-16(2)27-24-11-9-8-10-23(24)26-15-25(20(6)21(26)7)14-22-18(4)12-17(3)13-19(22)5/h8-13,15-16H,14H2,1-7H3/q+1. The molecule has 0 fully saturated rings. The van der Waals surface area contributed by atoms with Gasteiger partial charge >= 0.3 is 0 Å². The summed E-state index contributed by atoms with van der Waals surface area (Å²) in [6.45, 7) is 16.0. The summed E-state index contributed by atoms with van der Waals surface area (Å²) in [6, 6.07) is 12.8. The molecule has 0 aliphatic heterocycles. The second kappa shape index (κ2) is 7.59. The van der Waals surface area contributed by atoms with Gasteiger partial charge in [0.15, 0.2) is 11.4 Å². The highest BCUT2D eigenvalue weighted by molar-refractivity contribution is 5.47. The first kappa shape index (κ1) is 19.2. The Labute approximate surface area is 163 Å². The largest absolute Gasteiger partial charge is 0.487 e. The molecule has 0 amide bonds. The Kier molecular flexibility index (Phi) is 5.41. The van der Waals surface area contributed by atoms with E-state index in [0.717, 1.165) is 18.0 Å². The van der Waals surface area contributed by atoms with E-state index in [-0.39, 0.29) is 6.10 Å². The van der Waals surface area contributed by atoms with Crippen molar-refractivity contribution in [2.24, 2.45) is 0 Å². The molecule has 3 rings (SSSR count). The van der Waals surface area contributed by atoms with Crippen molar-refractivity contribution < 1.29 is 9.30 Å². The zero-order valence-electron chi connectivity index (χ0n) is 17.6. The van der Waals surface area contributed by atoms with Crippen molar-refractivity contribution in [3.63, 3.8) is 0 Å². The molecular weight excluding hydrogens is 332 g/mol. The van der Waals surface area contributed by atoms with Crippen molar-refractivity contribution in [2.75, 3.05) is 0 Å². The first-order valence-corrected chi connectivity index (χ1v) is 9.68. The van der Waals surface area contributed by atoms with Crippen molar-refractivity contribution in [1.82, 2.24) is 4.57 Å². The quantitative estimate of drug-likeness (QED) is 0.574. The van der Waals surface area contributed by atoms with Crippen LogP contribution < -0.4 is 9.30 Å². The summed E-state index contributed by atoms with van der Waals surface area (Å²) in [5.74, 6) is 0.917. The molecule has 0 radical (unpaired) electrons. The van der Waals surface area contributed by atoms with Gasteiger partial charge in [-0.05, 0) is 63.4 Å². The molecule has 27 heavy (non-hydrogen) atoms. The Hall–Kier alpha value is -2.55. The zero-order chi connectivity index (χ0) is 19.7. The van der Waals surface area contributed by atoms with E-state index in [9.17, 15) is 0 Å². The van der Waals surface area contributed by atoms with Crippen LogP contribution in [0.5, 0.6) is 5.75 Å². The van der Waals surface area contributed by atoms with E-state index < -0.39 is 0 Å². The van der Waals surface area contributed by atoms with E-state index in [1.165, 1.54) is 33.6 Å². The van der Waals surface area contributed by atoms with Crippen LogP contribution in [0.3, 0.4) is 0 Å². The minimum absolute atomic E-state index is 0.146. The molecule has 3 aromatic rings. The van der Waals surface area contributed by atoms with E-state index in [1.807, 2.05) is 12.1 Å². The fourth-order valence-electron chi connectivity index (χ4n) is 3.74. The van der Waals surface area contributed by atoms with E-state index in [4.69, 9.17) is 4.74 Å². The minimum atomic E-state index is 0.146. The Bertz CT molecular complexity index is 944. The molecular formula is C24H31N2O+. The van der Waals surface area contributed by atoms with Gasteiger partial charge in [0, 0.05) is 13.8 Å². The maximum atomic E-state index is 6.04. The van der Waals surface area contributed by atoms with Gasteiger partial charge in [-0.3, -0.25) is 0 Å². The van der Waals surface area contributed by atoms with E-state index >= 15 is 0 Å². The summed E-state index contributed by atoms with van der Waals surface area (Å²) >= 11 is 0. The van der Waals surface area contributed by atoms with Gasteiger partial charge in [-0.25, -0.2) is 4.57 Å². The van der Waals surface area contributed by atoms with Gasteiger partial charge < -0.3 is 4.74 Å². The molecule has 0 aliphatic carbocycles. The number of rotatable bonds is 5. The average molecular weight is 364 g/mol. The Balaban J connectivity index is 2.04. The SMILES string of the molecule is Cc1cc(C)c(C[n+]2cn(-c3ccccc3OC(C)C)c(C)c2C)c(C)c1. The van der Waals surface area contributed by atoms with Crippen LogP contribution in [0.2, 0.25) is 0 Å². The van der Waals surface area contributed by atoms with Gasteiger partial charge in [-0.15, -0.1) is 0 Å². The normalized spacial score (nSPS) is 11.3. The Morgan fingerprint density at radius 2 is 1.59 bits per heavy atom. The lowest BCUT2D eigenvalue weighted by Crippen LogP contribution is -2.36. The minimum Gasteiger partial charge on any atom is -0.487 e. The summed E-state index contributed by atoms with van der Waals surface area (Å²) in [5.41, 5.74) is 9.03. The number of imidazole rings is 1. The molecule has 0 bridgehead atoms. The molecule has 1 heterocycles. The smallest absolute Gasteiger partial charge is 0.249 e. The monoisotopic (exact) mass is 363 g/mol. The lowest BCUT2D eigenvalue weighted by atomic mass is 10.00. The van der Waals surface area contributed by atoms with Crippen LogP contribution in [-0.4, -0.2) is 10.7 Å². The molecule has 2 aromatic carbocycles. The van der Waals surface area contributed by atoms with Crippen LogP contribution in [-0.2, 0) is 6.54 Å². The first-order chi connectivity index (χ1) is 12.8. The maximum absolute atomic E-state index is 6.04. The highest BCUT2D eigenvalue weighted by Gasteiger charge is 2.22. The molecule has 142 valence electrons. The van der Waals surface area contributed by atoms with Crippen LogP contribution in [0.15, 0.2) is 42.7 Å². The molecule has 0 unspecified atom stereocenters. The van der Waals surface area contributed by atoms with Crippen molar-refractivity contribution in [1.29, 1.82) is 0 Å². The zero-order valence-corrected chi connectivity index (χ0v) is 17.6. The van der Waals surface area contributed by atoms with Gasteiger partial charge in [0.1, 0.15) is 17.9 Å². The molecule has 0 saturated heterocycles. The third-order valence-corrected chi connectivity index (χ3v) is 5.23. The molecule has 0 aliphatic rings. The lowest BCUT2D eigenvalue weighted by Gasteiger charge is -2.12. The van der Waals surface area contributed by atoms with Crippen LogP contribution in [0.4, 0.5) is 0 Å². The topological polar surface area (TPSA) is 18.0 Å². The van der Waals surface area contributed by atoms with Crippen LogP contribution in [0.25, 0.3) is 5.69 Å². The Morgan fingerprint density at radius 1 is 0.963 bits per heavy atom. The molecule has 0 saturated carbocycles. The third kappa shape index (κ3) is 3.92. The van der Waals surface area contributed by atoms with Crippen molar-refractivity contribution in [3.05, 3.63) is 76.4 Å². The van der Waals surface area contributed by atoms with Gasteiger partial charge in [0.25, 0.3) is 0 Å². The average Bonchev–Trinajstić information content (AvgIpc) is 2.86. The Morgan fingerprint density at radius 3 is 2.22 bits per heavy atom. The van der Waals surface area contributed by atoms with Crippen molar-refractivity contribution in [3.8, 4) is 11.4 Å². The van der Waals surface area contributed by atoms with Gasteiger partial charge in [-0.2, -0.15) is 4.57 Å². The van der Waals surface area contributed by atoms with Crippen LogP contribution in [0, 0.1) is 34.6 Å². The third-order valence-electron chi connectivity index (χ3n) is 5.23. The lowest BCUT2D eigenvalue weighted by molar-refractivity contribution is -0.693. The number of aryl methyl sites for hydroxylation is 3. The molecule has 1 aromatic heterocycles. The molecule has 0 spiro atoms. The highest BCUT2D eigenvalue weighted by atomic mass is 16.5. The highest BCUT2D eigenvalue weighted by Crippen LogP contribution is 2.25. The van der Waals surface area contributed by atoms with Crippen LogP contribution in [0.1, 0.15) is 47.5 Å². The second-order valence-electron chi connectivity index (χ2n) is 7.80. The second-order valence-corrected chi connectivity index (χ2v) is 7.80. The predicted octanol–water partition coefficient (Wildman–Crippen LogP) is 5.14. The van der Waals surface area contributed by atoms with E-state index in [2.05, 4.69) is 88.2 Å². The van der Waals surface area contributed by atoms with Crippen molar-refractivity contribution >= 4 is 0 Å².